The number of rotatable bonds is 6. The van der Waals surface area contributed by atoms with Gasteiger partial charge in [0.05, 0.1) is 0 Å². The van der Waals surface area contributed by atoms with Crippen molar-refractivity contribution >= 4 is 29.9 Å². The average Bonchev–Trinajstić information content (AvgIpc) is 2.61. The Balaban J connectivity index is 0.00000364. The summed E-state index contributed by atoms with van der Waals surface area (Å²) in [5.41, 5.74) is 0.420. The minimum Gasteiger partial charge on any atom is -0.405 e. The van der Waals surface area contributed by atoms with E-state index in [1.54, 1.807) is 19.2 Å². The molecular weight excluding hydrogens is 474 g/mol. The first-order valence-corrected chi connectivity index (χ1v) is 8.72. The van der Waals surface area contributed by atoms with Gasteiger partial charge in [-0.2, -0.15) is 0 Å². The van der Waals surface area contributed by atoms with E-state index in [4.69, 9.17) is 4.74 Å². The highest BCUT2D eigenvalue weighted by Gasteiger charge is 2.32. The third kappa shape index (κ3) is 8.54. The standard InChI is InChI=1S/C18H26F3N3O2.HI/c1-22-17(24(2)10-7-14-8-11-25-12-9-14)23-13-15-5-3-4-6-16(15)26-18(19,20)21;/h3-6,14H,7-13H2,1-2H3,(H,22,23);1H. The van der Waals surface area contributed by atoms with Gasteiger partial charge in [-0.05, 0) is 31.2 Å². The molecule has 1 aromatic carbocycles. The highest BCUT2D eigenvalue weighted by atomic mass is 127. The van der Waals surface area contributed by atoms with Crippen molar-refractivity contribution < 1.29 is 22.6 Å². The van der Waals surface area contributed by atoms with Gasteiger partial charge in [0.2, 0.25) is 0 Å². The Morgan fingerprint density at radius 1 is 1.30 bits per heavy atom. The number of para-hydroxylation sites is 1. The van der Waals surface area contributed by atoms with Crippen molar-refractivity contribution in [1.82, 2.24) is 10.2 Å². The summed E-state index contributed by atoms with van der Waals surface area (Å²) in [4.78, 5) is 6.20. The van der Waals surface area contributed by atoms with E-state index >= 15 is 0 Å². The third-order valence-corrected chi connectivity index (χ3v) is 4.42. The minimum absolute atomic E-state index is 0. The monoisotopic (exact) mass is 501 g/mol. The van der Waals surface area contributed by atoms with Crippen molar-refractivity contribution in [3.8, 4) is 5.75 Å². The number of nitrogens with zero attached hydrogens (tertiary/aromatic N) is 2. The number of halogens is 4. The van der Waals surface area contributed by atoms with Crippen molar-refractivity contribution in [3.05, 3.63) is 29.8 Å². The molecule has 1 aliphatic rings. The molecule has 0 spiro atoms. The van der Waals surface area contributed by atoms with E-state index in [9.17, 15) is 13.2 Å². The number of nitrogens with one attached hydrogen (secondary N) is 1. The zero-order valence-electron chi connectivity index (χ0n) is 15.6. The lowest BCUT2D eigenvalue weighted by atomic mass is 9.96. The van der Waals surface area contributed by atoms with Gasteiger partial charge in [0.1, 0.15) is 5.75 Å². The summed E-state index contributed by atoms with van der Waals surface area (Å²) >= 11 is 0. The molecule has 0 saturated carbocycles. The zero-order chi connectivity index (χ0) is 19.0. The molecule has 0 unspecified atom stereocenters. The Hall–Kier alpha value is -1.23. The van der Waals surface area contributed by atoms with Crippen LogP contribution in [0.25, 0.3) is 0 Å². The molecule has 1 aliphatic heterocycles. The molecule has 5 nitrogen and oxygen atoms in total. The van der Waals surface area contributed by atoms with Crippen molar-refractivity contribution in [2.75, 3.05) is 33.9 Å². The van der Waals surface area contributed by atoms with Gasteiger partial charge in [-0.1, -0.05) is 18.2 Å². The lowest BCUT2D eigenvalue weighted by molar-refractivity contribution is -0.274. The van der Waals surface area contributed by atoms with Crippen LogP contribution < -0.4 is 10.1 Å². The molecule has 0 atom stereocenters. The molecule has 1 fully saturated rings. The van der Waals surface area contributed by atoms with Crippen LogP contribution in [0.2, 0.25) is 0 Å². The van der Waals surface area contributed by atoms with E-state index in [2.05, 4.69) is 15.0 Å². The fourth-order valence-corrected chi connectivity index (χ4v) is 2.95. The molecule has 1 N–H and O–H groups in total. The first-order valence-electron chi connectivity index (χ1n) is 8.72. The Labute approximate surface area is 175 Å². The summed E-state index contributed by atoms with van der Waals surface area (Å²) < 4.78 is 47.0. The van der Waals surface area contributed by atoms with Gasteiger partial charge >= 0.3 is 6.36 Å². The molecule has 1 heterocycles. The molecule has 2 rings (SSSR count). The fraction of sp³-hybridized carbons (Fsp3) is 0.611. The third-order valence-electron chi connectivity index (χ3n) is 4.42. The highest BCUT2D eigenvalue weighted by molar-refractivity contribution is 14.0. The smallest absolute Gasteiger partial charge is 0.405 e. The van der Waals surface area contributed by atoms with Crippen LogP contribution >= 0.6 is 24.0 Å². The number of benzene rings is 1. The molecule has 9 heteroatoms. The number of alkyl halides is 3. The maximum atomic E-state index is 12.5. The molecule has 0 aliphatic carbocycles. The average molecular weight is 501 g/mol. The lowest BCUT2D eigenvalue weighted by Gasteiger charge is -2.27. The van der Waals surface area contributed by atoms with Gasteiger partial charge in [-0.3, -0.25) is 4.99 Å². The minimum atomic E-state index is -4.71. The first kappa shape index (κ1) is 23.8. The van der Waals surface area contributed by atoms with E-state index in [1.165, 1.54) is 12.1 Å². The van der Waals surface area contributed by atoms with Crippen LogP contribution in [-0.2, 0) is 11.3 Å². The molecule has 1 saturated heterocycles. The van der Waals surface area contributed by atoms with Gasteiger partial charge in [0, 0.05) is 46.0 Å². The van der Waals surface area contributed by atoms with E-state index in [0.717, 1.165) is 39.0 Å². The van der Waals surface area contributed by atoms with Gasteiger partial charge < -0.3 is 19.7 Å². The van der Waals surface area contributed by atoms with E-state index in [1.807, 2.05) is 11.9 Å². The Kier molecular flexibility index (Phi) is 10.2. The summed E-state index contributed by atoms with van der Waals surface area (Å²) in [7, 11) is 3.58. The molecule has 0 radical (unpaired) electrons. The molecule has 0 bridgehead atoms. The SMILES string of the molecule is CN=C(NCc1ccccc1OC(F)(F)F)N(C)CCC1CCOCC1.I. The molecule has 154 valence electrons. The summed E-state index contributed by atoms with van der Waals surface area (Å²) in [6.45, 7) is 2.65. The van der Waals surface area contributed by atoms with Crippen molar-refractivity contribution in [2.45, 2.75) is 32.2 Å². The Morgan fingerprint density at radius 2 is 1.96 bits per heavy atom. The number of hydrogen-bond acceptors (Lipinski definition) is 3. The van der Waals surface area contributed by atoms with Gasteiger partial charge in [0.15, 0.2) is 5.96 Å². The predicted octanol–water partition coefficient (Wildman–Crippen LogP) is 4.03. The van der Waals surface area contributed by atoms with E-state index < -0.39 is 6.36 Å². The fourth-order valence-electron chi connectivity index (χ4n) is 2.95. The summed E-state index contributed by atoms with van der Waals surface area (Å²) in [6.07, 6.45) is -1.53. The van der Waals surface area contributed by atoms with Crippen LogP contribution in [0.5, 0.6) is 5.75 Å². The van der Waals surface area contributed by atoms with Crippen LogP contribution in [-0.4, -0.2) is 51.1 Å². The van der Waals surface area contributed by atoms with Gasteiger partial charge in [-0.25, -0.2) is 0 Å². The Morgan fingerprint density at radius 3 is 2.59 bits per heavy atom. The van der Waals surface area contributed by atoms with Crippen molar-refractivity contribution in [3.63, 3.8) is 0 Å². The second kappa shape index (κ2) is 11.6. The summed E-state index contributed by atoms with van der Waals surface area (Å²) in [5, 5.41) is 3.10. The van der Waals surface area contributed by atoms with Crippen molar-refractivity contribution in [1.29, 1.82) is 0 Å². The summed E-state index contributed by atoms with van der Waals surface area (Å²) in [5.74, 6) is 1.08. The van der Waals surface area contributed by atoms with Crippen LogP contribution in [0.1, 0.15) is 24.8 Å². The second-order valence-corrected chi connectivity index (χ2v) is 6.32. The van der Waals surface area contributed by atoms with Crippen LogP contribution in [0.15, 0.2) is 29.3 Å². The van der Waals surface area contributed by atoms with E-state index in [-0.39, 0.29) is 36.3 Å². The normalized spacial score (nSPS) is 15.8. The largest absolute Gasteiger partial charge is 0.573 e. The number of aliphatic imine (C=N–C) groups is 1. The van der Waals surface area contributed by atoms with Crippen molar-refractivity contribution in [2.24, 2.45) is 10.9 Å². The molecular formula is C18H27F3IN3O2. The predicted molar refractivity (Wildman–Crippen MR) is 110 cm³/mol. The lowest BCUT2D eigenvalue weighted by Crippen LogP contribution is -2.39. The highest BCUT2D eigenvalue weighted by Crippen LogP contribution is 2.26. The maximum Gasteiger partial charge on any atom is 0.573 e. The van der Waals surface area contributed by atoms with Crippen LogP contribution in [0, 0.1) is 5.92 Å². The van der Waals surface area contributed by atoms with Gasteiger partial charge in [0.25, 0.3) is 0 Å². The van der Waals surface area contributed by atoms with Gasteiger partial charge in [-0.15, -0.1) is 37.1 Å². The molecule has 0 aromatic heterocycles. The zero-order valence-corrected chi connectivity index (χ0v) is 17.9. The number of ether oxygens (including phenoxy) is 2. The number of guanidine groups is 1. The second-order valence-electron chi connectivity index (χ2n) is 6.32. The first-order chi connectivity index (χ1) is 12.4. The quantitative estimate of drug-likeness (QED) is 0.364. The molecule has 1 aromatic rings. The van der Waals surface area contributed by atoms with Crippen LogP contribution in [0.4, 0.5) is 13.2 Å². The topological polar surface area (TPSA) is 46.1 Å². The molecule has 0 amide bonds. The maximum absolute atomic E-state index is 12.5. The Bertz CT molecular complexity index is 593. The number of hydrogen-bond donors (Lipinski definition) is 1. The van der Waals surface area contributed by atoms with E-state index in [0.29, 0.717) is 17.4 Å². The van der Waals surface area contributed by atoms with Crippen LogP contribution in [0.3, 0.4) is 0 Å². The summed E-state index contributed by atoms with van der Waals surface area (Å²) in [6, 6.07) is 6.10. The molecule has 27 heavy (non-hydrogen) atoms.